The summed E-state index contributed by atoms with van der Waals surface area (Å²) in [6, 6.07) is 5.80. The second kappa shape index (κ2) is 5.51. The van der Waals surface area contributed by atoms with Gasteiger partial charge in [0.2, 0.25) is 5.91 Å². The minimum Gasteiger partial charge on any atom is -0.497 e. The summed E-state index contributed by atoms with van der Waals surface area (Å²) in [6.45, 7) is 1.27. The van der Waals surface area contributed by atoms with Gasteiger partial charge in [-0.15, -0.1) is 0 Å². The summed E-state index contributed by atoms with van der Waals surface area (Å²) in [6.07, 6.45) is 0. The SMILES string of the molecule is COc1ccc(NC(C)=O)c(S(=O)(=O)CC#N)c1. The van der Waals surface area contributed by atoms with Crippen molar-refractivity contribution in [2.45, 2.75) is 11.8 Å². The Kier molecular flexibility index (Phi) is 4.28. The van der Waals surface area contributed by atoms with Crippen LogP contribution >= 0.6 is 0 Å². The van der Waals surface area contributed by atoms with Crippen LogP contribution in [-0.4, -0.2) is 27.2 Å². The van der Waals surface area contributed by atoms with Crippen LogP contribution in [0.15, 0.2) is 23.1 Å². The fourth-order valence-corrected chi connectivity index (χ4v) is 2.42. The van der Waals surface area contributed by atoms with E-state index in [-0.39, 0.29) is 10.6 Å². The van der Waals surface area contributed by atoms with Gasteiger partial charge in [-0.25, -0.2) is 8.42 Å². The van der Waals surface area contributed by atoms with E-state index in [9.17, 15) is 13.2 Å². The van der Waals surface area contributed by atoms with E-state index in [4.69, 9.17) is 10.00 Å². The number of nitrogens with zero attached hydrogens (tertiary/aromatic N) is 1. The van der Waals surface area contributed by atoms with Gasteiger partial charge in [0.05, 0.1) is 23.8 Å². The summed E-state index contributed by atoms with van der Waals surface area (Å²) in [7, 11) is -2.38. The van der Waals surface area contributed by atoms with Gasteiger partial charge in [-0.1, -0.05) is 0 Å². The highest BCUT2D eigenvalue weighted by molar-refractivity contribution is 7.91. The molecular formula is C11H12N2O4S. The number of methoxy groups -OCH3 is 1. The first-order chi connectivity index (χ1) is 8.40. The first-order valence-corrected chi connectivity index (χ1v) is 6.61. The van der Waals surface area contributed by atoms with Crippen LogP contribution < -0.4 is 10.1 Å². The second-order valence-electron chi connectivity index (χ2n) is 3.46. The van der Waals surface area contributed by atoms with Crippen molar-refractivity contribution in [3.63, 3.8) is 0 Å². The normalized spacial score (nSPS) is 10.5. The van der Waals surface area contributed by atoms with E-state index in [0.29, 0.717) is 5.75 Å². The van der Waals surface area contributed by atoms with Crippen molar-refractivity contribution >= 4 is 21.4 Å². The number of hydrogen-bond donors (Lipinski definition) is 1. The molecule has 7 heteroatoms. The van der Waals surface area contributed by atoms with Crippen LogP contribution in [0, 0.1) is 11.3 Å². The summed E-state index contributed by atoms with van der Waals surface area (Å²) in [5, 5.41) is 10.9. The van der Waals surface area contributed by atoms with E-state index in [2.05, 4.69) is 5.32 Å². The predicted octanol–water partition coefficient (Wildman–Crippen LogP) is 0.951. The van der Waals surface area contributed by atoms with Crippen molar-refractivity contribution in [1.82, 2.24) is 0 Å². The van der Waals surface area contributed by atoms with Crippen LogP contribution in [0.4, 0.5) is 5.69 Å². The van der Waals surface area contributed by atoms with Crippen molar-refractivity contribution in [1.29, 1.82) is 5.26 Å². The number of hydrogen-bond acceptors (Lipinski definition) is 5. The number of carbonyl (C=O) groups is 1. The predicted molar refractivity (Wildman–Crippen MR) is 65.0 cm³/mol. The first-order valence-electron chi connectivity index (χ1n) is 4.96. The van der Waals surface area contributed by atoms with E-state index < -0.39 is 21.5 Å². The Morgan fingerprint density at radius 1 is 1.50 bits per heavy atom. The van der Waals surface area contributed by atoms with Gasteiger partial charge in [0.15, 0.2) is 9.84 Å². The van der Waals surface area contributed by atoms with Crippen LogP contribution in [0.3, 0.4) is 0 Å². The van der Waals surface area contributed by atoms with Crippen LogP contribution in [0.2, 0.25) is 0 Å². The molecule has 0 bridgehead atoms. The zero-order valence-electron chi connectivity index (χ0n) is 9.93. The summed E-state index contributed by atoms with van der Waals surface area (Å²) < 4.78 is 28.7. The van der Waals surface area contributed by atoms with E-state index in [1.54, 1.807) is 6.07 Å². The minimum atomic E-state index is -3.78. The average molecular weight is 268 g/mol. The van der Waals surface area contributed by atoms with Gasteiger partial charge in [0.1, 0.15) is 11.5 Å². The van der Waals surface area contributed by atoms with E-state index in [0.717, 1.165) is 0 Å². The van der Waals surface area contributed by atoms with Crippen molar-refractivity contribution in [3.8, 4) is 11.8 Å². The third-order valence-electron chi connectivity index (χ3n) is 2.09. The Labute approximate surface area is 105 Å². The Balaban J connectivity index is 3.37. The lowest BCUT2D eigenvalue weighted by molar-refractivity contribution is -0.114. The van der Waals surface area contributed by atoms with Gasteiger partial charge >= 0.3 is 0 Å². The maximum atomic E-state index is 11.9. The zero-order valence-corrected chi connectivity index (χ0v) is 10.7. The Morgan fingerprint density at radius 2 is 2.17 bits per heavy atom. The van der Waals surface area contributed by atoms with Gasteiger partial charge in [0.25, 0.3) is 0 Å². The number of amides is 1. The molecule has 0 spiro atoms. The number of sulfone groups is 1. The molecule has 0 aliphatic rings. The van der Waals surface area contributed by atoms with Gasteiger partial charge in [-0.05, 0) is 12.1 Å². The van der Waals surface area contributed by atoms with Crippen molar-refractivity contribution in [3.05, 3.63) is 18.2 Å². The van der Waals surface area contributed by atoms with E-state index in [1.165, 1.54) is 32.2 Å². The first kappa shape index (κ1) is 14.0. The zero-order chi connectivity index (χ0) is 13.8. The fraction of sp³-hybridized carbons (Fsp3) is 0.273. The highest BCUT2D eigenvalue weighted by Gasteiger charge is 2.20. The molecule has 0 heterocycles. The molecule has 0 saturated heterocycles. The minimum absolute atomic E-state index is 0.126. The monoisotopic (exact) mass is 268 g/mol. The van der Waals surface area contributed by atoms with E-state index >= 15 is 0 Å². The third-order valence-corrected chi connectivity index (χ3v) is 3.61. The number of benzene rings is 1. The van der Waals surface area contributed by atoms with Crippen molar-refractivity contribution in [2.24, 2.45) is 0 Å². The van der Waals surface area contributed by atoms with Gasteiger partial charge in [-0.3, -0.25) is 4.79 Å². The van der Waals surface area contributed by atoms with Crippen LogP contribution in [0.1, 0.15) is 6.92 Å². The number of rotatable bonds is 4. The number of carbonyl (C=O) groups excluding carboxylic acids is 1. The van der Waals surface area contributed by atoms with Crippen molar-refractivity contribution in [2.75, 3.05) is 18.2 Å². The number of ether oxygens (including phenoxy) is 1. The maximum absolute atomic E-state index is 11.9. The summed E-state index contributed by atoms with van der Waals surface area (Å²) in [5.41, 5.74) is 0.138. The van der Waals surface area contributed by atoms with Gasteiger partial charge in [-0.2, -0.15) is 5.26 Å². The topological polar surface area (TPSA) is 96.3 Å². The second-order valence-corrected chi connectivity index (χ2v) is 5.42. The van der Waals surface area contributed by atoms with Gasteiger partial charge in [0, 0.05) is 13.0 Å². The highest BCUT2D eigenvalue weighted by atomic mass is 32.2. The Morgan fingerprint density at radius 3 is 2.67 bits per heavy atom. The molecule has 6 nitrogen and oxygen atoms in total. The Bertz CT molecular complexity index is 602. The van der Waals surface area contributed by atoms with E-state index in [1.807, 2.05) is 0 Å². The molecule has 0 saturated carbocycles. The van der Waals surface area contributed by atoms with Crippen LogP contribution in [0.25, 0.3) is 0 Å². The fourth-order valence-electron chi connectivity index (χ4n) is 1.34. The molecular weight excluding hydrogens is 256 g/mol. The lowest BCUT2D eigenvalue weighted by atomic mass is 10.3. The molecule has 0 unspecified atom stereocenters. The standard InChI is InChI=1S/C11H12N2O4S/c1-8(14)13-10-4-3-9(17-2)7-11(10)18(15,16)6-5-12/h3-4,7H,6H2,1-2H3,(H,13,14). The summed E-state index contributed by atoms with van der Waals surface area (Å²) in [4.78, 5) is 10.9. The molecule has 1 N–H and O–H groups in total. The number of nitriles is 1. The molecule has 0 aliphatic carbocycles. The van der Waals surface area contributed by atoms with Gasteiger partial charge < -0.3 is 10.1 Å². The molecule has 1 rings (SSSR count). The largest absolute Gasteiger partial charge is 0.497 e. The molecule has 0 aromatic heterocycles. The molecule has 96 valence electrons. The molecule has 1 aromatic rings. The maximum Gasteiger partial charge on any atom is 0.221 e. The summed E-state index contributed by atoms with van der Waals surface area (Å²) in [5.74, 6) is -0.721. The molecule has 1 aromatic carbocycles. The molecule has 0 aliphatic heterocycles. The van der Waals surface area contributed by atoms with Crippen LogP contribution in [0.5, 0.6) is 5.75 Å². The molecule has 1 amide bonds. The average Bonchev–Trinajstić information content (AvgIpc) is 2.28. The molecule has 0 radical (unpaired) electrons. The number of anilines is 1. The lowest BCUT2D eigenvalue weighted by Gasteiger charge is -2.10. The molecule has 18 heavy (non-hydrogen) atoms. The molecule has 0 fully saturated rings. The quantitative estimate of drug-likeness (QED) is 0.877. The van der Waals surface area contributed by atoms with Crippen LogP contribution in [-0.2, 0) is 14.6 Å². The Hall–Kier alpha value is -2.07. The lowest BCUT2D eigenvalue weighted by Crippen LogP contribution is -2.13. The number of nitrogens with one attached hydrogen (secondary N) is 1. The summed E-state index contributed by atoms with van der Waals surface area (Å²) >= 11 is 0. The molecule has 0 atom stereocenters. The highest BCUT2D eigenvalue weighted by Crippen LogP contribution is 2.27. The smallest absolute Gasteiger partial charge is 0.221 e. The third kappa shape index (κ3) is 3.21. The van der Waals surface area contributed by atoms with Crippen molar-refractivity contribution < 1.29 is 17.9 Å².